The molecule has 0 heterocycles. The third kappa shape index (κ3) is 2.47. The van der Waals surface area contributed by atoms with Gasteiger partial charge in [-0.1, -0.05) is 0 Å². The van der Waals surface area contributed by atoms with Crippen LogP contribution in [-0.4, -0.2) is 29.3 Å². The topological polar surface area (TPSA) is 84.6 Å². The van der Waals surface area contributed by atoms with Crippen molar-refractivity contribution in [2.45, 2.75) is 25.0 Å². The predicted octanol–water partition coefficient (Wildman–Crippen LogP) is 1.54. The summed E-state index contributed by atoms with van der Waals surface area (Å²) in [4.78, 5) is 10.2. The maximum Gasteiger partial charge on any atom is 0.311 e. The molecule has 1 aromatic rings. The zero-order chi connectivity index (χ0) is 12.4. The Bertz CT molecular complexity index is 429. The van der Waals surface area contributed by atoms with Gasteiger partial charge in [0.15, 0.2) is 5.75 Å². The molecule has 0 aliphatic heterocycles. The molecule has 17 heavy (non-hydrogen) atoms. The minimum Gasteiger partial charge on any atom is -0.490 e. The molecule has 0 atom stereocenters. The van der Waals surface area contributed by atoms with Crippen LogP contribution >= 0.6 is 0 Å². The van der Waals surface area contributed by atoms with E-state index in [1.165, 1.54) is 13.2 Å². The van der Waals surface area contributed by atoms with Crippen molar-refractivity contribution in [2.24, 2.45) is 0 Å². The summed E-state index contributed by atoms with van der Waals surface area (Å²) >= 11 is 0. The fourth-order valence-corrected chi connectivity index (χ4v) is 1.86. The number of anilines is 1. The lowest BCUT2D eigenvalue weighted by molar-refractivity contribution is -0.385. The standard InChI is InChI=1S/C11H14N2O4/c1-17-11-6-7(2-3-10(11)13(15)16)12-8-4-9(14)5-8/h2-3,6,8-9,12,14H,4-5H2,1H3. The second kappa shape index (κ2) is 4.58. The highest BCUT2D eigenvalue weighted by atomic mass is 16.6. The van der Waals surface area contributed by atoms with Crippen LogP contribution in [0.3, 0.4) is 0 Å². The molecular weight excluding hydrogens is 224 g/mol. The maximum absolute atomic E-state index is 10.7. The van der Waals surface area contributed by atoms with Gasteiger partial charge in [-0.25, -0.2) is 0 Å². The van der Waals surface area contributed by atoms with Gasteiger partial charge in [0.05, 0.1) is 18.1 Å². The lowest BCUT2D eigenvalue weighted by Gasteiger charge is -2.32. The maximum atomic E-state index is 10.7. The zero-order valence-electron chi connectivity index (χ0n) is 9.42. The predicted molar refractivity (Wildman–Crippen MR) is 62.3 cm³/mol. The quantitative estimate of drug-likeness (QED) is 0.614. The third-order valence-electron chi connectivity index (χ3n) is 2.86. The summed E-state index contributed by atoms with van der Waals surface area (Å²) in [7, 11) is 1.40. The van der Waals surface area contributed by atoms with E-state index in [1.54, 1.807) is 12.1 Å². The van der Waals surface area contributed by atoms with Crippen molar-refractivity contribution in [3.63, 3.8) is 0 Å². The van der Waals surface area contributed by atoms with Crippen molar-refractivity contribution >= 4 is 11.4 Å². The Morgan fingerprint density at radius 1 is 1.53 bits per heavy atom. The van der Waals surface area contributed by atoms with Gasteiger partial charge >= 0.3 is 5.69 Å². The first kappa shape index (κ1) is 11.7. The summed E-state index contributed by atoms with van der Waals surface area (Å²) in [6.07, 6.45) is 1.19. The smallest absolute Gasteiger partial charge is 0.311 e. The SMILES string of the molecule is COc1cc(NC2CC(O)C2)ccc1[N+](=O)[O-]. The molecule has 1 aliphatic rings. The third-order valence-corrected chi connectivity index (χ3v) is 2.86. The van der Waals surface area contributed by atoms with Crippen LogP contribution in [0, 0.1) is 10.1 Å². The summed E-state index contributed by atoms with van der Waals surface area (Å²) in [5.41, 5.74) is 0.719. The van der Waals surface area contributed by atoms with E-state index in [2.05, 4.69) is 5.32 Å². The average molecular weight is 238 g/mol. The lowest BCUT2D eigenvalue weighted by Crippen LogP contribution is -2.38. The highest BCUT2D eigenvalue weighted by Crippen LogP contribution is 2.31. The van der Waals surface area contributed by atoms with Crippen LogP contribution in [0.1, 0.15) is 12.8 Å². The van der Waals surface area contributed by atoms with E-state index in [4.69, 9.17) is 9.84 Å². The summed E-state index contributed by atoms with van der Waals surface area (Å²) in [5.74, 6) is 0.236. The summed E-state index contributed by atoms with van der Waals surface area (Å²) < 4.78 is 4.97. The van der Waals surface area contributed by atoms with Crippen molar-refractivity contribution in [1.82, 2.24) is 0 Å². The van der Waals surface area contributed by atoms with Gasteiger partial charge in [0, 0.05) is 23.9 Å². The van der Waals surface area contributed by atoms with E-state index in [0.717, 1.165) is 5.69 Å². The van der Waals surface area contributed by atoms with Crippen molar-refractivity contribution < 1.29 is 14.8 Å². The Kier molecular flexibility index (Phi) is 3.14. The number of nitrogens with zero attached hydrogens (tertiary/aromatic N) is 1. The van der Waals surface area contributed by atoms with E-state index in [9.17, 15) is 10.1 Å². The van der Waals surface area contributed by atoms with Crippen LogP contribution in [0.5, 0.6) is 5.75 Å². The van der Waals surface area contributed by atoms with Crippen LogP contribution in [0.25, 0.3) is 0 Å². The fourth-order valence-electron chi connectivity index (χ4n) is 1.86. The molecule has 0 spiro atoms. The fraction of sp³-hybridized carbons (Fsp3) is 0.455. The van der Waals surface area contributed by atoms with E-state index >= 15 is 0 Å². The molecule has 1 saturated carbocycles. The second-order valence-corrected chi connectivity index (χ2v) is 4.11. The minimum atomic E-state index is -0.476. The highest BCUT2D eigenvalue weighted by Gasteiger charge is 2.27. The molecule has 0 bridgehead atoms. The molecule has 0 amide bonds. The molecule has 2 rings (SSSR count). The van der Waals surface area contributed by atoms with Gasteiger partial charge in [-0.3, -0.25) is 10.1 Å². The first-order chi connectivity index (χ1) is 8.10. The van der Waals surface area contributed by atoms with Crippen LogP contribution < -0.4 is 10.1 Å². The monoisotopic (exact) mass is 238 g/mol. The van der Waals surface area contributed by atoms with E-state index in [0.29, 0.717) is 12.8 Å². The van der Waals surface area contributed by atoms with Gasteiger partial charge in [-0.15, -0.1) is 0 Å². The molecule has 1 aromatic carbocycles. The molecule has 2 N–H and O–H groups in total. The van der Waals surface area contributed by atoms with Crippen molar-refractivity contribution in [1.29, 1.82) is 0 Å². The first-order valence-corrected chi connectivity index (χ1v) is 5.37. The van der Waals surface area contributed by atoms with Gasteiger partial charge in [-0.05, 0) is 18.9 Å². The molecule has 0 radical (unpaired) electrons. The van der Waals surface area contributed by atoms with Crippen LogP contribution in [0.15, 0.2) is 18.2 Å². The van der Waals surface area contributed by atoms with Crippen molar-refractivity contribution in [3.05, 3.63) is 28.3 Å². The number of methoxy groups -OCH3 is 1. The number of hydrogen-bond donors (Lipinski definition) is 2. The molecule has 0 saturated heterocycles. The number of ether oxygens (including phenoxy) is 1. The first-order valence-electron chi connectivity index (χ1n) is 5.37. The molecule has 0 unspecified atom stereocenters. The van der Waals surface area contributed by atoms with Crippen molar-refractivity contribution in [3.8, 4) is 5.75 Å². The van der Waals surface area contributed by atoms with Gasteiger partial charge in [0.1, 0.15) is 0 Å². The molecule has 0 aromatic heterocycles. The summed E-state index contributed by atoms with van der Waals surface area (Å²) in [5, 5.41) is 23.0. The van der Waals surface area contributed by atoms with E-state index < -0.39 is 4.92 Å². The molecule has 92 valence electrons. The molecular formula is C11H14N2O4. The van der Waals surface area contributed by atoms with Gasteiger partial charge < -0.3 is 15.2 Å². The number of aliphatic hydroxyl groups is 1. The number of rotatable bonds is 4. The Labute approximate surface area is 98.4 Å². The minimum absolute atomic E-state index is 0.0494. The van der Waals surface area contributed by atoms with Crippen LogP contribution in [0.2, 0.25) is 0 Å². The average Bonchev–Trinajstić information content (AvgIpc) is 2.26. The van der Waals surface area contributed by atoms with Gasteiger partial charge in [0.2, 0.25) is 0 Å². The number of nitro benzene ring substituents is 1. The molecule has 1 aliphatic carbocycles. The number of nitrogens with one attached hydrogen (secondary N) is 1. The Balaban J connectivity index is 2.11. The Morgan fingerprint density at radius 3 is 2.76 bits per heavy atom. The number of hydrogen-bond acceptors (Lipinski definition) is 5. The number of nitro groups is 1. The van der Waals surface area contributed by atoms with Crippen molar-refractivity contribution in [2.75, 3.05) is 12.4 Å². The Morgan fingerprint density at radius 2 is 2.24 bits per heavy atom. The normalized spacial score (nSPS) is 22.7. The second-order valence-electron chi connectivity index (χ2n) is 4.11. The lowest BCUT2D eigenvalue weighted by atomic mass is 9.89. The summed E-state index contributed by atoms with van der Waals surface area (Å²) in [6, 6.07) is 4.89. The highest BCUT2D eigenvalue weighted by molar-refractivity contribution is 5.58. The number of benzene rings is 1. The molecule has 1 fully saturated rings. The van der Waals surface area contributed by atoms with E-state index in [1.807, 2.05) is 0 Å². The Hall–Kier alpha value is -1.82. The molecule has 6 heteroatoms. The molecule has 6 nitrogen and oxygen atoms in total. The van der Waals surface area contributed by atoms with Crippen LogP contribution in [0.4, 0.5) is 11.4 Å². The van der Waals surface area contributed by atoms with Gasteiger partial charge in [-0.2, -0.15) is 0 Å². The number of aliphatic hydroxyl groups excluding tert-OH is 1. The van der Waals surface area contributed by atoms with Crippen LogP contribution in [-0.2, 0) is 0 Å². The zero-order valence-corrected chi connectivity index (χ0v) is 9.42. The largest absolute Gasteiger partial charge is 0.490 e. The van der Waals surface area contributed by atoms with Gasteiger partial charge in [0.25, 0.3) is 0 Å². The van der Waals surface area contributed by atoms with E-state index in [-0.39, 0.29) is 23.6 Å². The summed E-state index contributed by atoms with van der Waals surface area (Å²) in [6.45, 7) is 0.